The van der Waals surface area contributed by atoms with Gasteiger partial charge in [-0.1, -0.05) is 12.1 Å². The first-order valence-electron chi connectivity index (χ1n) is 8.93. The van der Waals surface area contributed by atoms with Crippen LogP contribution >= 0.6 is 11.3 Å². The topological polar surface area (TPSA) is 68.5 Å². The number of rotatable bonds is 4. The molecule has 0 amide bonds. The largest absolute Gasteiger partial charge is 0.365 e. The van der Waals surface area contributed by atoms with Gasteiger partial charge < -0.3 is 5.32 Å². The third kappa shape index (κ3) is 3.06. The van der Waals surface area contributed by atoms with Crippen molar-refractivity contribution in [1.82, 2.24) is 24.7 Å². The van der Waals surface area contributed by atoms with Crippen LogP contribution in [-0.4, -0.2) is 24.7 Å². The summed E-state index contributed by atoms with van der Waals surface area (Å²) in [4.78, 5) is 15.8. The molecule has 4 aromatic rings. The van der Waals surface area contributed by atoms with Gasteiger partial charge in [0.2, 0.25) is 0 Å². The lowest BCUT2D eigenvalue weighted by molar-refractivity contribution is 0.627. The van der Waals surface area contributed by atoms with Gasteiger partial charge in [-0.2, -0.15) is 19.7 Å². The highest BCUT2D eigenvalue weighted by Gasteiger charge is 2.21. The van der Waals surface area contributed by atoms with Crippen molar-refractivity contribution < 1.29 is 4.39 Å². The van der Waals surface area contributed by atoms with E-state index in [-0.39, 0.29) is 5.82 Å². The number of halogens is 1. The van der Waals surface area contributed by atoms with Gasteiger partial charge in [0, 0.05) is 11.4 Å². The van der Waals surface area contributed by atoms with Crippen LogP contribution in [0.1, 0.15) is 28.8 Å². The monoisotopic (exact) mass is 380 g/mol. The fourth-order valence-electron chi connectivity index (χ4n) is 3.48. The summed E-state index contributed by atoms with van der Waals surface area (Å²) in [5.74, 6) is 1.07. The van der Waals surface area contributed by atoms with Gasteiger partial charge in [0.15, 0.2) is 0 Å². The molecule has 0 bridgehead atoms. The smallest absolute Gasteiger partial charge is 0.255 e. The molecule has 0 fully saturated rings. The number of fused-ring (bicyclic) bond motifs is 3. The second kappa shape index (κ2) is 6.70. The van der Waals surface area contributed by atoms with Gasteiger partial charge in [0.05, 0.1) is 5.39 Å². The molecule has 3 aromatic heterocycles. The number of anilines is 1. The maximum atomic E-state index is 13.2. The third-order valence-corrected chi connectivity index (χ3v) is 5.99. The molecule has 0 spiro atoms. The maximum Gasteiger partial charge on any atom is 0.255 e. The van der Waals surface area contributed by atoms with Crippen molar-refractivity contribution >= 4 is 27.4 Å². The van der Waals surface area contributed by atoms with Crippen LogP contribution in [-0.2, 0) is 19.4 Å². The van der Waals surface area contributed by atoms with Crippen LogP contribution in [0.15, 0.2) is 36.9 Å². The fraction of sp³-hybridized carbons (Fsp3) is 0.263. The number of hydrogen-bond acceptors (Lipinski definition) is 6. The Hall–Kier alpha value is -2.87. The predicted molar refractivity (Wildman–Crippen MR) is 103 cm³/mol. The van der Waals surface area contributed by atoms with E-state index in [4.69, 9.17) is 9.97 Å². The Morgan fingerprint density at radius 3 is 2.78 bits per heavy atom. The van der Waals surface area contributed by atoms with Crippen molar-refractivity contribution in [2.45, 2.75) is 32.2 Å². The van der Waals surface area contributed by atoms with E-state index in [2.05, 4.69) is 15.4 Å². The van der Waals surface area contributed by atoms with Crippen molar-refractivity contribution in [2.24, 2.45) is 0 Å². The number of aromatic nitrogens is 5. The van der Waals surface area contributed by atoms with E-state index in [0.29, 0.717) is 12.5 Å². The van der Waals surface area contributed by atoms with Crippen molar-refractivity contribution in [2.75, 3.05) is 5.32 Å². The molecule has 8 heteroatoms. The highest BCUT2D eigenvalue weighted by Crippen LogP contribution is 2.39. The van der Waals surface area contributed by atoms with Gasteiger partial charge in [0.1, 0.15) is 29.1 Å². The van der Waals surface area contributed by atoms with Gasteiger partial charge >= 0.3 is 0 Å². The second-order valence-electron chi connectivity index (χ2n) is 6.58. The van der Waals surface area contributed by atoms with E-state index in [9.17, 15) is 4.39 Å². The number of nitrogens with zero attached hydrogens (tertiary/aromatic N) is 5. The van der Waals surface area contributed by atoms with E-state index >= 15 is 0 Å². The summed E-state index contributed by atoms with van der Waals surface area (Å²) in [7, 11) is 0. The summed E-state index contributed by atoms with van der Waals surface area (Å²) in [5.41, 5.74) is 2.36. The molecule has 27 heavy (non-hydrogen) atoms. The Morgan fingerprint density at radius 2 is 1.96 bits per heavy atom. The lowest BCUT2D eigenvalue weighted by Crippen LogP contribution is -2.08. The zero-order valence-electron chi connectivity index (χ0n) is 14.5. The molecular weight excluding hydrogens is 363 g/mol. The first-order valence-corrected chi connectivity index (χ1v) is 9.75. The molecule has 1 aromatic carbocycles. The molecule has 6 nitrogen and oxygen atoms in total. The molecular formula is C19H17FN6S. The average Bonchev–Trinajstić information content (AvgIpc) is 3.35. The van der Waals surface area contributed by atoms with E-state index in [1.807, 2.05) is 0 Å². The van der Waals surface area contributed by atoms with Crippen molar-refractivity contribution in [3.63, 3.8) is 0 Å². The lowest BCUT2D eigenvalue weighted by atomic mass is 9.97. The minimum atomic E-state index is -0.233. The lowest BCUT2D eigenvalue weighted by Gasteiger charge is -2.13. The molecule has 136 valence electrons. The molecule has 1 aliphatic rings. The summed E-state index contributed by atoms with van der Waals surface area (Å²) in [6, 6.07) is 6.50. The maximum absolute atomic E-state index is 13.2. The first kappa shape index (κ1) is 16.3. The highest BCUT2D eigenvalue weighted by molar-refractivity contribution is 7.19. The van der Waals surface area contributed by atoms with E-state index < -0.39 is 0 Å². The van der Waals surface area contributed by atoms with Crippen LogP contribution in [0, 0.1) is 5.82 Å². The molecule has 3 heterocycles. The molecule has 1 aliphatic carbocycles. The first-order chi connectivity index (χ1) is 13.3. The highest BCUT2D eigenvalue weighted by atomic mass is 32.1. The minimum Gasteiger partial charge on any atom is -0.365 e. The number of hydrogen-bond donors (Lipinski definition) is 1. The Labute approximate surface area is 159 Å². The molecule has 0 aliphatic heterocycles. The van der Waals surface area contributed by atoms with Crippen LogP contribution < -0.4 is 5.32 Å². The van der Waals surface area contributed by atoms with Gasteiger partial charge in [-0.15, -0.1) is 11.3 Å². The van der Waals surface area contributed by atoms with Crippen LogP contribution in [0.2, 0.25) is 0 Å². The standard InChI is InChI=1S/C19H17FN6S/c20-13-7-5-12(6-8-13)9-22-17-16-14-3-1-2-4-15(14)27-18(16)25-19(24-17)26-11-21-10-23-26/h5-8,10-11H,1-4,9H2,(H,22,24,25). The van der Waals surface area contributed by atoms with Gasteiger partial charge in [-0.25, -0.2) is 9.37 Å². The molecule has 5 rings (SSSR count). The Balaban J connectivity index is 1.59. The van der Waals surface area contributed by atoms with E-state index in [1.54, 1.807) is 34.5 Å². The molecule has 1 N–H and O–H groups in total. The zero-order chi connectivity index (χ0) is 18.2. The Bertz CT molecular complexity index is 1090. The molecule has 0 radical (unpaired) electrons. The van der Waals surface area contributed by atoms with E-state index in [0.717, 1.165) is 34.4 Å². The number of aryl methyl sites for hydroxylation is 2. The molecule has 0 unspecified atom stereocenters. The van der Waals surface area contributed by atoms with Crippen LogP contribution in [0.25, 0.3) is 16.2 Å². The summed E-state index contributed by atoms with van der Waals surface area (Å²) in [5, 5.41) is 8.71. The minimum absolute atomic E-state index is 0.233. The predicted octanol–water partition coefficient (Wildman–Crippen LogP) is 3.90. The molecule has 0 saturated carbocycles. The van der Waals surface area contributed by atoms with Crippen LogP contribution in [0.3, 0.4) is 0 Å². The van der Waals surface area contributed by atoms with Gasteiger partial charge in [0.25, 0.3) is 5.95 Å². The van der Waals surface area contributed by atoms with Crippen LogP contribution in [0.5, 0.6) is 0 Å². The normalized spacial score (nSPS) is 13.7. The summed E-state index contributed by atoms with van der Waals surface area (Å²) in [6.45, 7) is 0.563. The summed E-state index contributed by atoms with van der Waals surface area (Å²) in [6.07, 6.45) is 7.65. The van der Waals surface area contributed by atoms with Gasteiger partial charge in [-0.05, 0) is 48.9 Å². The van der Waals surface area contributed by atoms with Crippen LogP contribution in [0.4, 0.5) is 10.2 Å². The Morgan fingerprint density at radius 1 is 1.11 bits per heavy atom. The van der Waals surface area contributed by atoms with E-state index in [1.165, 1.54) is 41.7 Å². The van der Waals surface area contributed by atoms with Crippen molar-refractivity contribution in [1.29, 1.82) is 0 Å². The fourth-order valence-corrected chi connectivity index (χ4v) is 4.73. The summed E-state index contributed by atoms with van der Waals surface area (Å²) < 4.78 is 14.7. The molecule has 0 saturated heterocycles. The third-order valence-electron chi connectivity index (χ3n) is 4.80. The molecule has 0 atom stereocenters. The van der Waals surface area contributed by atoms with Crippen molar-refractivity contribution in [3.8, 4) is 5.95 Å². The second-order valence-corrected chi connectivity index (χ2v) is 7.67. The Kier molecular flexibility index (Phi) is 4.05. The number of nitrogens with one attached hydrogen (secondary N) is 1. The SMILES string of the molecule is Fc1ccc(CNc2nc(-n3cncn3)nc3sc4c(c23)CCCC4)cc1. The summed E-state index contributed by atoms with van der Waals surface area (Å²) >= 11 is 1.75. The zero-order valence-corrected chi connectivity index (χ0v) is 15.3. The number of benzene rings is 1. The van der Waals surface area contributed by atoms with Crippen molar-refractivity contribution in [3.05, 3.63) is 58.7 Å². The van der Waals surface area contributed by atoms with Gasteiger partial charge in [-0.3, -0.25) is 0 Å². The average molecular weight is 380 g/mol. The number of thiophene rings is 1. The quantitative estimate of drug-likeness (QED) is 0.581.